The van der Waals surface area contributed by atoms with E-state index >= 15 is 0 Å². The molecule has 284 valence electrons. The zero-order valence-corrected chi connectivity index (χ0v) is 33.4. The molecule has 8 heteroatoms. The molecule has 0 bridgehead atoms. The fourth-order valence-electron chi connectivity index (χ4n) is 8.71. The van der Waals surface area contributed by atoms with E-state index < -0.39 is 20.1 Å². The molecular weight excluding hydrogens is 681 g/mol. The second-order valence-corrected chi connectivity index (χ2v) is 20.2. The van der Waals surface area contributed by atoms with Gasteiger partial charge in [-0.05, 0) is 52.2 Å². The molecule has 5 atom stereocenters. The second-order valence-electron chi connectivity index (χ2n) is 15.9. The molecule has 1 saturated heterocycles. The molecule has 53 heavy (non-hydrogen) atoms. The first kappa shape index (κ1) is 39.0. The molecule has 0 radical (unpaired) electrons. The van der Waals surface area contributed by atoms with E-state index in [1.165, 1.54) is 10.4 Å². The number of rotatable bonds is 16. The molecule has 7 nitrogen and oxygen atoms in total. The zero-order chi connectivity index (χ0) is 37.6. The molecule has 1 fully saturated rings. The molecule has 3 aliphatic rings. The van der Waals surface area contributed by atoms with E-state index in [2.05, 4.69) is 108 Å². The minimum atomic E-state index is -2.70. The van der Waals surface area contributed by atoms with Crippen LogP contribution in [0.15, 0.2) is 92.0 Å². The Kier molecular flexibility index (Phi) is 12.3. The van der Waals surface area contributed by atoms with Crippen LogP contribution in [0, 0.1) is 11.8 Å². The Morgan fingerprint density at radius 1 is 0.981 bits per heavy atom. The van der Waals surface area contributed by atoms with Gasteiger partial charge in [0.2, 0.25) is 5.79 Å². The van der Waals surface area contributed by atoms with Crippen LogP contribution < -0.4 is 19.8 Å². The largest absolute Gasteiger partial charge is 0.488 e. The Hall–Kier alpha value is -3.69. The highest BCUT2D eigenvalue weighted by molar-refractivity contribution is 6.99. The summed E-state index contributed by atoms with van der Waals surface area (Å²) in [7, 11) is -2.70. The minimum Gasteiger partial charge on any atom is -0.488 e. The predicted molar refractivity (Wildman–Crippen MR) is 213 cm³/mol. The van der Waals surface area contributed by atoms with Crippen molar-refractivity contribution in [1.29, 1.82) is 0 Å². The number of benzene rings is 3. The van der Waals surface area contributed by atoms with E-state index in [0.717, 1.165) is 49.7 Å². The molecule has 1 spiro atoms. The van der Waals surface area contributed by atoms with Gasteiger partial charge in [0.1, 0.15) is 30.3 Å². The van der Waals surface area contributed by atoms with E-state index in [1.54, 1.807) is 12.2 Å². The summed E-state index contributed by atoms with van der Waals surface area (Å²) >= 11 is 0. The van der Waals surface area contributed by atoms with Gasteiger partial charge in [-0.1, -0.05) is 140 Å². The van der Waals surface area contributed by atoms with Crippen LogP contribution in [0.4, 0.5) is 0 Å². The maximum atomic E-state index is 13.8. The van der Waals surface area contributed by atoms with Crippen molar-refractivity contribution in [3.8, 4) is 11.5 Å². The van der Waals surface area contributed by atoms with E-state index in [9.17, 15) is 4.79 Å². The Morgan fingerprint density at radius 3 is 2.28 bits per heavy atom. The van der Waals surface area contributed by atoms with Crippen LogP contribution in [-0.4, -0.2) is 52.6 Å². The molecule has 0 amide bonds. The lowest BCUT2D eigenvalue weighted by molar-refractivity contribution is -0.214. The van der Waals surface area contributed by atoms with E-state index in [-0.39, 0.29) is 47.9 Å². The van der Waals surface area contributed by atoms with Crippen LogP contribution >= 0.6 is 0 Å². The van der Waals surface area contributed by atoms with Crippen LogP contribution in [0.3, 0.4) is 0 Å². The Bertz CT molecular complexity index is 1680. The van der Waals surface area contributed by atoms with Crippen molar-refractivity contribution in [1.82, 2.24) is 0 Å². The van der Waals surface area contributed by atoms with Gasteiger partial charge in [0.15, 0.2) is 0 Å². The summed E-state index contributed by atoms with van der Waals surface area (Å²) < 4.78 is 39.8. The normalized spacial score (nSPS) is 23.6. The first-order valence-corrected chi connectivity index (χ1v) is 21.4. The van der Waals surface area contributed by atoms with Crippen molar-refractivity contribution in [3.63, 3.8) is 0 Å². The first-order chi connectivity index (χ1) is 25.6. The third-order valence-electron chi connectivity index (χ3n) is 11.4. The summed E-state index contributed by atoms with van der Waals surface area (Å²) in [5.74, 6) is -0.486. The highest BCUT2D eigenvalue weighted by Crippen LogP contribution is 2.56. The third-order valence-corrected chi connectivity index (χ3v) is 16.5. The molecule has 0 N–H and O–H groups in total. The summed E-state index contributed by atoms with van der Waals surface area (Å²) in [5, 5.41) is 2.42. The quantitative estimate of drug-likeness (QED) is 0.0630. The highest BCUT2D eigenvalue weighted by Gasteiger charge is 2.57. The smallest absolute Gasteiger partial charge is 0.346 e. The average Bonchev–Trinajstić information content (AvgIpc) is 3.44. The number of carbonyl (C=O) groups excluding carboxylic acids is 1. The topological polar surface area (TPSA) is 72.5 Å². The molecule has 3 heterocycles. The Balaban J connectivity index is 1.31. The van der Waals surface area contributed by atoms with Crippen molar-refractivity contribution < 1.29 is 32.9 Å². The Labute approximate surface area is 317 Å². The van der Waals surface area contributed by atoms with Gasteiger partial charge >= 0.3 is 5.97 Å². The van der Waals surface area contributed by atoms with Crippen molar-refractivity contribution in [2.45, 2.75) is 103 Å². The fourth-order valence-corrected chi connectivity index (χ4v) is 13.3. The van der Waals surface area contributed by atoms with E-state index in [4.69, 9.17) is 28.1 Å². The van der Waals surface area contributed by atoms with Gasteiger partial charge in [-0.15, -0.1) is 0 Å². The monoisotopic (exact) mass is 738 g/mol. The number of unbranched alkanes of at least 4 members (excludes halogenated alkanes) is 2. The van der Waals surface area contributed by atoms with Crippen LogP contribution in [0.2, 0.25) is 5.04 Å². The number of hydrogen-bond donors (Lipinski definition) is 0. The maximum absolute atomic E-state index is 13.8. The van der Waals surface area contributed by atoms with Crippen LogP contribution in [-0.2, 0) is 25.1 Å². The van der Waals surface area contributed by atoms with Gasteiger partial charge < -0.3 is 28.1 Å². The van der Waals surface area contributed by atoms with Crippen LogP contribution in [0.5, 0.6) is 11.5 Å². The molecule has 0 saturated carbocycles. The molecule has 3 aromatic carbocycles. The number of esters is 1. The molecule has 0 aliphatic carbocycles. The Morgan fingerprint density at radius 2 is 1.66 bits per heavy atom. The third kappa shape index (κ3) is 7.79. The molecule has 3 aromatic rings. The molecule has 0 unspecified atom stereocenters. The van der Waals surface area contributed by atoms with E-state index in [1.807, 2.05) is 6.07 Å². The predicted octanol–water partition coefficient (Wildman–Crippen LogP) is 8.88. The van der Waals surface area contributed by atoms with Gasteiger partial charge in [0.25, 0.3) is 8.32 Å². The van der Waals surface area contributed by atoms with Gasteiger partial charge in [-0.2, -0.15) is 0 Å². The summed E-state index contributed by atoms with van der Waals surface area (Å²) in [6.45, 7) is 20.3. The lowest BCUT2D eigenvalue weighted by atomic mass is 9.79. The first-order valence-electron chi connectivity index (χ1n) is 19.5. The van der Waals surface area contributed by atoms with Crippen molar-refractivity contribution in [2.24, 2.45) is 11.8 Å². The maximum Gasteiger partial charge on any atom is 0.346 e. The van der Waals surface area contributed by atoms with Gasteiger partial charge in [-0.3, -0.25) is 0 Å². The number of ether oxygens (including phenoxy) is 5. The molecular formula is C45H58O7Si. The number of hydrogen-bond acceptors (Lipinski definition) is 7. The molecule has 3 aliphatic heterocycles. The lowest BCUT2D eigenvalue weighted by Gasteiger charge is -2.46. The van der Waals surface area contributed by atoms with Crippen molar-refractivity contribution in [2.75, 3.05) is 26.4 Å². The standard InChI is InChI=1S/C45H58O7Si/c1-8-11-14-19-35-28-34-29-38(47-25-9-2)41(43(46)48-26-10-3)42-40(34)39(51-35)30-45(52-42)32(4)33(31-49-45)24-27-50-53(44(5,6)7,36-20-15-12-16-21-36)37-22-17-13-18-23-37/h9-10,12-13,15-18,20-23,29,32-33,35,39H,2-3,8,11,14,19,24-28,30-31H2,1,4-7H3/t32-,33+,35+,39-,45-/m0/s1. The summed E-state index contributed by atoms with van der Waals surface area (Å²) in [6.07, 6.45) is 9.45. The van der Waals surface area contributed by atoms with Gasteiger partial charge in [-0.25, -0.2) is 4.79 Å². The average molecular weight is 739 g/mol. The summed E-state index contributed by atoms with van der Waals surface area (Å²) in [5.41, 5.74) is 2.26. The SMILES string of the molecule is C=CCOC(=O)c1c(OCC=C)cc2c3c1O[C@]1(C[C@@H]3O[C@H](CCCCC)C2)OC[C@@H](CCO[Si](c2ccccc2)(c2ccccc2)C(C)(C)C)[C@@H]1C. The molecule has 0 aromatic heterocycles. The second kappa shape index (κ2) is 16.8. The van der Waals surface area contributed by atoms with Gasteiger partial charge in [0, 0.05) is 24.5 Å². The minimum absolute atomic E-state index is 0.0132. The summed E-state index contributed by atoms with van der Waals surface area (Å²) in [6, 6.07) is 23.5. The summed E-state index contributed by atoms with van der Waals surface area (Å²) in [4.78, 5) is 13.8. The van der Waals surface area contributed by atoms with Crippen molar-refractivity contribution in [3.05, 3.63) is 109 Å². The number of carbonyl (C=O) groups is 1. The van der Waals surface area contributed by atoms with E-state index in [0.29, 0.717) is 31.1 Å². The van der Waals surface area contributed by atoms with Crippen LogP contribution in [0.1, 0.15) is 101 Å². The van der Waals surface area contributed by atoms with Gasteiger partial charge in [0.05, 0.1) is 18.8 Å². The lowest BCUT2D eigenvalue weighted by Crippen LogP contribution is -2.66. The molecule has 6 rings (SSSR count). The highest BCUT2D eigenvalue weighted by atomic mass is 28.4. The van der Waals surface area contributed by atoms with Crippen molar-refractivity contribution >= 4 is 24.7 Å². The fraction of sp³-hybridized carbons (Fsp3) is 0.489. The zero-order valence-electron chi connectivity index (χ0n) is 32.4. The van der Waals surface area contributed by atoms with Crippen LogP contribution in [0.25, 0.3) is 0 Å².